The molecule has 2 unspecified atom stereocenters. The lowest BCUT2D eigenvalue weighted by Crippen LogP contribution is -2.42. The van der Waals surface area contributed by atoms with Gasteiger partial charge in [-0.1, -0.05) is 23.7 Å². The van der Waals surface area contributed by atoms with E-state index in [1.54, 1.807) is 29.2 Å². The second-order valence-corrected chi connectivity index (χ2v) is 10.2. The summed E-state index contributed by atoms with van der Waals surface area (Å²) in [6.45, 7) is 0.387. The predicted octanol–water partition coefficient (Wildman–Crippen LogP) is 7.37. The molecule has 1 aliphatic carbocycles. The van der Waals surface area contributed by atoms with Crippen molar-refractivity contribution in [1.29, 1.82) is 0 Å². The molecule has 0 spiro atoms. The van der Waals surface area contributed by atoms with Gasteiger partial charge < -0.3 is 19.5 Å². The Balaban J connectivity index is 1.25. The van der Waals surface area contributed by atoms with Crippen LogP contribution < -0.4 is 19.5 Å². The zero-order valence-electron chi connectivity index (χ0n) is 21.5. The topological polar surface area (TPSA) is 77.1 Å². The number of nitrogens with one attached hydrogen (secondary N) is 1. The molecule has 0 saturated carbocycles. The Labute approximate surface area is 239 Å². The van der Waals surface area contributed by atoms with Crippen molar-refractivity contribution in [2.45, 2.75) is 18.9 Å². The molecule has 2 aliphatic heterocycles. The van der Waals surface area contributed by atoms with Crippen LogP contribution in [0.2, 0.25) is 0 Å². The molecule has 1 amide bonds. The third kappa shape index (κ3) is 5.67. The predicted molar refractivity (Wildman–Crippen MR) is 146 cm³/mol. The number of fused-ring (bicyclic) bond motifs is 2. The molecule has 3 aromatic rings. The minimum Gasteiger partial charge on any atom is -0.410 e. The average Bonchev–Trinajstić information content (AvgIpc) is 3.33. The van der Waals surface area contributed by atoms with Crippen LogP contribution in [0.25, 0.3) is 0 Å². The summed E-state index contributed by atoms with van der Waals surface area (Å²) in [7, 11) is 0. The first-order valence-corrected chi connectivity index (χ1v) is 13.3. The van der Waals surface area contributed by atoms with Gasteiger partial charge in [-0.15, -0.1) is 0 Å². The number of amides is 1. The highest BCUT2D eigenvalue weighted by molar-refractivity contribution is 6.29. The molecule has 2 heterocycles. The highest BCUT2D eigenvalue weighted by Gasteiger charge is 2.42. The number of ether oxygens (including phenoxy) is 3. The van der Waals surface area contributed by atoms with Crippen molar-refractivity contribution in [3.8, 4) is 17.2 Å². The lowest BCUT2D eigenvalue weighted by Gasteiger charge is -2.36. The van der Waals surface area contributed by atoms with E-state index in [2.05, 4.69) is 5.32 Å². The van der Waals surface area contributed by atoms with Gasteiger partial charge in [-0.25, -0.2) is 18.4 Å². The van der Waals surface area contributed by atoms with Gasteiger partial charge in [0.15, 0.2) is 0 Å². The Bertz CT molecular complexity index is 1580. The molecule has 2 atom stereocenters. The van der Waals surface area contributed by atoms with Gasteiger partial charge in [0.25, 0.3) is 0 Å². The molecule has 1 N–H and O–H groups in total. The first kappa shape index (κ1) is 26.6. The molecule has 0 saturated heterocycles. The van der Waals surface area contributed by atoms with E-state index in [1.807, 2.05) is 12.2 Å². The maximum atomic E-state index is 13.4. The highest BCUT2D eigenvalue weighted by Crippen LogP contribution is 2.47. The molecule has 0 fully saturated rings. The summed E-state index contributed by atoms with van der Waals surface area (Å²) in [5.41, 5.74) is 3.80. The molecule has 0 radical (unpaired) electrons. The number of allylic oxidation sites excluding steroid dienone is 4. The zero-order valence-corrected chi connectivity index (χ0v) is 22.2. The highest BCUT2D eigenvalue weighted by atomic mass is 35.5. The number of hydrogen-bond acceptors (Lipinski definition) is 6. The van der Waals surface area contributed by atoms with Gasteiger partial charge in [0.2, 0.25) is 0 Å². The van der Waals surface area contributed by atoms with Gasteiger partial charge in [-0.2, -0.15) is 0 Å². The fraction of sp³-hybridized carbons (Fsp3) is 0.161. The number of halogens is 3. The van der Waals surface area contributed by atoms with Crippen LogP contribution in [0.3, 0.4) is 0 Å². The van der Waals surface area contributed by atoms with Crippen molar-refractivity contribution < 1.29 is 32.6 Å². The molecule has 41 heavy (non-hydrogen) atoms. The van der Waals surface area contributed by atoms with E-state index in [-0.39, 0.29) is 23.2 Å². The molecule has 6 rings (SSSR count). The Kier molecular flexibility index (Phi) is 7.19. The van der Waals surface area contributed by atoms with E-state index in [1.165, 1.54) is 54.1 Å². The van der Waals surface area contributed by atoms with E-state index in [4.69, 9.17) is 25.8 Å². The van der Waals surface area contributed by atoms with Crippen molar-refractivity contribution in [1.82, 2.24) is 10.2 Å². The van der Waals surface area contributed by atoms with Crippen molar-refractivity contribution in [2.75, 3.05) is 6.54 Å². The van der Waals surface area contributed by atoms with Crippen molar-refractivity contribution in [2.24, 2.45) is 5.92 Å². The fourth-order valence-electron chi connectivity index (χ4n) is 5.25. The van der Waals surface area contributed by atoms with Crippen molar-refractivity contribution in [3.05, 3.63) is 124 Å². The van der Waals surface area contributed by atoms with Crippen LogP contribution in [-0.4, -0.2) is 23.7 Å². The summed E-state index contributed by atoms with van der Waals surface area (Å²) < 4.78 is 42.5. The van der Waals surface area contributed by atoms with E-state index in [0.29, 0.717) is 19.4 Å². The number of carbonyl (C=O) groups is 2. The molecule has 0 aromatic heterocycles. The monoisotopic (exact) mass is 576 g/mol. The van der Waals surface area contributed by atoms with Crippen LogP contribution in [0.15, 0.2) is 107 Å². The molecular formula is C31H23ClF2N2O5. The first-order valence-electron chi connectivity index (χ1n) is 12.9. The smallest absolute Gasteiger partial charge is 0.410 e. The van der Waals surface area contributed by atoms with Gasteiger partial charge in [0, 0.05) is 28.9 Å². The molecular weight excluding hydrogens is 554 g/mol. The summed E-state index contributed by atoms with van der Waals surface area (Å²) in [6, 6.07) is 16.4. The van der Waals surface area contributed by atoms with Crippen LogP contribution in [0.1, 0.15) is 24.4 Å². The number of hydrogen-bond donors (Lipinski definition) is 1. The quantitative estimate of drug-likeness (QED) is 0.258. The lowest BCUT2D eigenvalue weighted by molar-refractivity contribution is 0.134. The van der Waals surface area contributed by atoms with Crippen LogP contribution in [0.4, 0.5) is 18.4 Å². The van der Waals surface area contributed by atoms with Gasteiger partial charge in [-0.05, 0) is 96.8 Å². The molecule has 10 heteroatoms. The Morgan fingerprint density at radius 3 is 1.98 bits per heavy atom. The zero-order chi connectivity index (χ0) is 28.5. The third-order valence-electron chi connectivity index (χ3n) is 7.14. The average molecular weight is 577 g/mol. The fourth-order valence-corrected chi connectivity index (χ4v) is 5.47. The molecule has 3 aromatic carbocycles. The Morgan fingerprint density at radius 1 is 0.805 bits per heavy atom. The lowest BCUT2D eigenvalue weighted by atomic mass is 9.85. The normalized spacial score (nSPS) is 19.3. The minimum atomic E-state index is -0.977. The van der Waals surface area contributed by atoms with E-state index in [9.17, 15) is 18.4 Å². The van der Waals surface area contributed by atoms with Gasteiger partial charge in [-0.3, -0.25) is 4.90 Å². The van der Waals surface area contributed by atoms with Crippen LogP contribution in [0.5, 0.6) is 17.2 Å². The second kappa shape index (κ2) is 11.1. The summed E-state index contributed by atoms with van der Waals surface area (Å²) in [5, 5.41) is 4.27. The maximum absolute atomic E-state index is 13.4. The van der Waals surface area contributed by atoms with Crippen molar-refractivity contribution in [3.63, 3.8) is 0 Å². The standard InChI is InChI=1S/C31H23ClF2N2O5/c32-19-3-14-27-26(17-19)25-15-16-36(30(37)39-22-10-4-20(33)5-11-22)29(28(25)35-27)18-1-8-23(9-2-18)40-31(38)41-24-12-6-21(34)7-13-24/h1-14,26,29,35H,15-17H2. The minimum absolute atomic E-state index is 0.101. The summed E-state index contributed by atoms with van der Waals surface area (Å²) in [5.74, 6) is -0.197. The Hall–Kier alpha value is -4.63. The molecule has 7 nitrogen and oxygen atoms in total. The summed E-state index contributed by atoms with van der Waals surface area (Å²) in [4.78, 5) is 27.3. The first-order chi connectivity index (χ1) is 19.8. The van der Waals surface area contributed by atoms with Crippen molar-refractivity contribution >= 4 is 23.8 Å². The Morgan fingerprint density at radius 2 is 1.37 bits per heavy atom. The number of nitrogens with zero attached hydrogens (tertiary/aromatic N) is 1. The molecule has 0 bridgehead atoms. The van der Waals surface area contributed by atoms with E-state index in [0.717, 1.165) is 22.0 Å². The van der Waals surface area contributed by atoms with E-state index < -0.39 is 29.9 Å². The van der Waals surface area contributed by atoms with Gasteiger partial charge in [0.1, 0.15) is 34.9 Å². The number of rotatable bonds is 4. The number of carbonyl (C=O) groups excluding carboxylic acids is 2. The van der Waals surface area contributed by atoms with E-state index >= 15 is 0 Å². The number of benzene rings is 3. The largest absolute Gasteiger partial charge is 0.519 e. The maximum Gasteiger partial charge on any atom is 0.519 e. The van der Waals surface area contributed by atoms with Crippen LogP contribution in [0, 0.1) is 17.6 Å². The van der Waals surface area contributed by atoms with Gasteiger partial charge in [0.05, 0.1) is 0 Å². The van der Waals surface area contributed by atoms with Crippen LogP contribution in [-0.2, 0) is 0 Å². The van der Waals surface area contributed by atoms with Gasteiger partial charge >= 0.3 is 12.2 Å². The SMILES string of the molecule is O=C(Oc1ccc(F)cc1)Oc1ccc(C2C3=C(CCN2C(=O)Oc2ccc(F)cc2)C2CC(Cl)=CC=C2N3)cc1. The van der Waals surface area contributed by atoms with Crippen LogP contribution >= 0.6 is 11.6 Å². The third-order valence-corrected chi connectivity index (χ3v) is 7.42. The molecule has 3 aliphatic rings. The summed E-state index contributed by atoms with van der Waals surface area (Å²) >= 11 is 6.35. The summed E-state index contributed by atoms with van der Waals surface area (Å²) in [6.07, 6.45) is 3.56. The molecule has 208 valence electrons. The second-order valence-electron chi connectivity index (χ2n) is 9.70.